The molecule has 0 spiro atoms. The predicted molar refractivity (Wildman–Crippen MR) is 76.4 cm³/mol. The maximum Gasteiger partial charge on any atom is 0.335 e. The van der Waals surface area contributed by atoms with E-state index in [0.717, 1.165) is 0 Å². The first-order chi connectivity index (χ1) is 9.85. The van der Waals surface area contributed by atoms with E-state index in [2.05, 4.69) is 10.1 Å². The quantitative estimate of drug-likeness (QED) is 0.806. The van der Waals surface area contributed by atoms with Crippen LogP contribution in [-0.4, -0.2) is 48.7 Å². The first-order valence-electron chi connectivity index (χ1n) is 6.28. The van der Waals surface area contributed by atoms with Crippen LogP contribution in [0.15, 0.2) is 18.2 Å². The number of anilines is 1. The monoisotopic (exact) mass is 294 g/mol. The second kappa shape index (κ2) is 7.28. The third-order valence-corrected chi connectivity index (χ3v) is 2.93. The fourth-order valence-electron chi connectivity index (χ4n) is 1.66. The molecular formula is C14H18N2O5. The fourth-order valence-corrected chi connectivity index (χ4v) is 1.66. The molecule has 21 heavy (non-hydrogen) atoms. The smallest absolute Gasteiger partial charge is 0.335 e. The summed E-state index contributed by atoms with van der Waals surface area (Å²) in [6.07, 6.45) is 0.109. The van der Waals surface area contributed by atoms with Crippen molar-refractivity contribution >= 4 is 23.7 Å². The molecule has 0 aliphatic rings. The number of hydrogen-bond acceptors (Lipinski definition) is 4. The lowest BCUT2D eigenvalue weighted by molar-refractivity contribution is -0.140. The van der Waals surface area contributed by atoms with Crippen LogP contribution in [0.1, 0.15) is 22.3 Å². The van der Waals surface area contributed by atoms with Gasteiger partial charge in [0, 0.05) is 19.3 Å². The van der Waals surface area contributed by atoms with Crippen LogP contribution in [0.25, 0.3) is 0 Å². The number of carbonyl (C=O) groups excluding carboxylic acids is 2. The van der Waals surface area contributed by atoms with Crippen molar-refractivity contribution in [2.45, 2.75) is 13.3 Å². The summed E-state index contributed by atoms with van der Waals surface area (Å²) in [5, 5.41) is 11.6. The van der Waals surface area contributed by atoms with Gasteiger partial charge < -0.3 is 20.1 Å². The van der Waals surface area contributed by atoms with Gasteiger partial charge in [-0.3, -0.25) is 4.79 Å². The summed E-state index contributed by atoms with van der Waals surface area (Å²) in [6, 6.07) is 4.14. The standard InChI is InChI=1S/C14H18N2O5/c1-9-8-10(4-5-11(9)13(18)19)15-14(20)16(2)7-6-12(17)21-3/h4-5,8H,6-7H2,1-3H3,(H,15,20)(H,18,19). The average Bonchev–Trinajstić information content (AvgIpc) is 2.43. The number of carbonyl (C=O) groups is 3. The second-order valence-electron chi connectivity index (χ2n) is 4.51. The Morgan fingerprint density at radius 2 is 2.00 bits per heavy atom. The van der Waals surface area contributed by atoms with Gasteiger partial charge in [0.2, 0.25) is 0 Å². The van der Waals surface area contributed by atoms with Gasteiger partial charge in [-0.1, -0.05) is 0 Å². The molecule has 114 valence electrons. The van der Waals surface area contributed by atoms with Crippen LogP contribution >= 0.6 is 0 Å². The van der Waals surface area contributed by atoms with E-state index in [4.69, 9.17) is 5.11 Å². The van der Waals surface area contributed by atoms with E-state index < -0.39 is 11.9 Å². The number of urea groups is 1. The molecule has 0 unspecified atom stereocenters. The Hall–Kier alpha value is -2.57. The highest BCUT2D eigenvalue weighted by atomic mass is 16.5. The number of amides is 2. The Morgan fingerprint density at radius 1 is 1.33 bits per heavy atom. The number of hydrogen-bond donors (Lipinski definition) is 2. The normalized spacial score (nSPS) is 9.86. The summed E-state index contributed by atoms with van der Waals surface area (Å²) in [7, 11) is 2.84. The zero-order valence-electron chi connectivity index (χ0n) is 12.2. The maximum absolute atomic E-state index is 11.9. The summed E-state index contributed by atoms with van der Waals surface area (Å²) in [6.45, 7) is 1.88. The van der Waals surface area contributed by atoms with Crippen LogP contribution in [0.3, 0.4) is 0 Å². The third kappa shape index (κ3) is 4.79. The van der Waals surface area contributed by atoms with Crippen molar-refractivity contribution in [3.63, 3.8) is 0 Å². The molecule has 0 fully saturated rings. The van der Waals surface area contributed by atoms with Crippen molar-refractivity contribution in [2.24, 2.45) is 0 Å². The van der Waals surface area contributed by atoms with Gasteiger partial charge in [-0.15, -0.1) is 0 Å². The van der Waals surface area contributed by atoms with Gasteiger partial charge in [0.05, 0.1) is 19.1 Å². The minimum atomic E-state index is -1.01. The van der Waals surface area contributed by atoms with Gasteiger partial charge in [0.25, 0.3) is 0 Å². The largest absolute Gasteiger partial charge is 0.478 e. The molecule has 0 aliphatic heterocycles. The minimum Gasteiger partial charge on any atom is -0.478 e. The van der Waals surface area contributed by atoms with Crippen molar-refractivity contribution in [1.29, 1.82) is 0 Å². The Bertz CT molecular complexity index is 556. The van der Waals surface area contributed by atoms with E-state index in [9.17, 15) is 14.4 Å². The number of rotatable bonds is 5. The topological polar surface area (TPSA) is 95.9 Å². The van der Waals surface area contributed by atoms with Crippen molar-refractivity contribution in [3.8, 4) is 0 Å². The molecule has 2 N–H and O–H groups in total. The molecule has 1 aromatic rings. The number of nitrogens with one attached hydrogen (secondary N) is 1. The highest BCUT2D eigenvalue weighted by molar-refractivity contribution is 5.92. The van der Waals surface area contributed by atoms with Crippen LogP contribution in [0.2, 0.25) is 0 Å². The van der Waals surface area contributed by atoms with Crippen molar-refractivity contribution in [1.82, 2.24) is 4.90 Å². The Labute approximate surface area is 122 Å². The molecule has 0 heterocycles. The molecular weight excluding hydrogens is 276 g/mol. The summed E-state index contributed by atoms with van der Waals surface area (Å²) in [4.78, 5) is 35.1. The van der Waals surface area contributed by atoms with Gasteiger partial charge >= 0.3 is 18.0 Å². The fraction of sp³-hybridized carbons (Fsp3) is 0.357. The van der Waals surface area contributed by atoms with Crippen LogP contribution in [-0.2, 0) is 9.53 Å². The number of aryl methyl sites for hydroxylation is 1. The summed E-state index contributed by atoms with van der Waals surface area (Å²) in [5.41, 5.74) is 1.23. The average molecular weight is 294 g/mol. The zero-order chi connectivity index (χ0) is 16.0. The number of ether oxygens (including phenoxy) is 1. The number of esters is 1. The van der Waals surface area contributed by atoms with Gasteiger partial charge in [-0.2, -0.15) is 0 Å². The lowest BCUT2D eigenvalue weighted by atomic mass is 10.1. The summed E-state index contributed by atoms with van der Waals surface area (Å²) < 4.78 is 4.50. The van der Waals surface area contributed by atoms with Crippen molar-refractivity contribution in [3.05, 3.63) is 29.3 Å². The molecule has 2 amide bonds. The van der Waals surface area contributed by atoms with Crippen LogP contribution in [0, 0.1) is 6.92 Å². The molecule has 0 saturated carbocycles. The van der Waals surface area contributed by atoms with E-state index >= 15 is 0 Å². The summed E-state index contributed by atoms with van der Waals surface area (Å²) >= 11 is 0. The van der Waals surface area contributed by atoms with E-state index in [0.29, 0.717) is 11.3 Å². The Morgan fingerprint density at radius 3 is 2.52 bits per heavy atom. The number of benzene rings is 1. The van der Waals surface area contributed by atoms with Gasteiger partial charge in [0.15, 0.2) is 0 Å². The lowest BCUT2D eigenvalue weighted by Gasteiger charge is -2.17. The van der Waals surface area contributed by atoms with Crippen LogP contribution in [0.4, 0.5) is 10.5 Å². The van der Waals surface area contributed by atoms with Crippen molar-refractivity contribution in [2.75, 3.05) is 26.0 Å². The number of nitrogens with zero attached hydrogens (tertiary/aromatic N) is 1. The second-order valence-corrected chi connectivity index (χ2v) is 4.51. The number of carboxylic acid groups (broad SMARTS) is 1. The molecule has 0 aromatic heterocycles. The summed E-state index contributed by atoms with van der Waals surface area (Å²) in [5.74, 6) is -1.41. The molecule has 0 radical (unpaired) electrons. The highest BCUT2D eigenvalue weighted by Crippen LogP contribution is 2.15. The van der Waals surface area contributed by atoms with E-state index in [1.165, 1.54) is 24.1 Å². The molecule has 1 rings (SSSR count). The van der Waals surface area contributed by atoms with Crippen molar-refractivity contribution < 1.29 is 24.2 Å². The Kier molecular flexibility index (Phi) is 5.71. The molecule has 0 bridgehead atoms. The molecule has 0 aliphatic carbocycles. The van der Waals surface area contributed by atoms with E-state index in [1.807, 2.05) is 0 Å². The maximum atomic E-state index is 11.9. The number of carboxylic acids is 1. The minimum absolute atomic E-state index is 0.109. The SMILES string of the molecule is COC(=O)CCN(C)C(=O)Nc1ccc(C(=O)O)c(C)c1. The van der Waals surface area contributed by atoms with Gasteiger partial charge in [0.1, 0.15) is 0 Å². The first-order valence-corrected chi connectivity index (χ1v) is 6.28. The number of aromatic carboxylic acids is 1. The molecule has 0 atom stereocenters. The molecule has 0 saturated heterocycles. The van der Waals surface area contributed by atoms with Crippen LogP contribution in [0.5, 0.6) is 0 Å². The zero-order valence-corrected chi connectivity index (χ0v) is 12.2. The predicted octanol–water partition coefficient (Wildman–Crippen LogP) is 1.72. The van der Waals surface area contributed by atoms with Crippen LogP contribution < -0.4 is 5.32 Å². The first kappa shape index (κ1) is 16.5. The molecule has 7 nitrogen and oxygen atoms in total. The Balaban J connectivity index is 2.64. The lowest BCUT2D eigenvalue weighted by Crippen LogP contribution is -2.33. The highest BCUT2D eigenvalue weighted by Gasteiger charge is 2.12. The number of methoxy groups -OCH3 is 1. The molecule has 1 aromatic carbocycles. The van der Waals surface area contributed by atoms with E-state index in [-0.39, 0.29) is 24.6 Å². The molecule has 7 heteroatoms. The third-order valence-electron chi connectivity index (χ3n) is 2.93. The van der Waals surface area contributed by atoms with E-state index in [1.54, 1.807) is 20.0 Å². The van der Waals surface area contributed by atoms with Gasteiger partial charge in [-0.05, 0) is 30.7 Å². The van der Waals surface area contributed by atoms with Gasteiger partial charge in [-0.25, -0.2) is 9.59 Å².